The molecule has 0 aliphatic carbocycles. The van der Waals surface area contributed by atoms with E-state index >= 15 is 0 Å². The van der Waals surface area contributed by atoms with Crippen LogP contribution in [-0.2, 0) is 17.6 Å². The van der Waals surface area contributed by atoms with E-state index in [2.05, 4.69) is 22.1 Å². The van der Waals surface area contributed by atoms with Crippen LogP contribution in [0.1, 0.15) is 39.7 Å². The smallest absolute Gasteiger partial charge is 0.227 e. The molecule has 24 heavy (non-hydrogen) atoms. The summed E-state index contributed by atoms with van der Waals surface area (Å²) in [5.74, 6) is 0.920. The first-order valence-corrected chi connectivity index (χ1v) is 9.45. The molecule has 5 heteroatoms. The Kier molecular flexibility index (Phi) is 5.29. The Balaban J connectivity index is 1.51. The van der Waals surface area contributed by atoms with Gasteiger partial charge in [0, 0.05) is 29.9 Å². The fourth-order valence-electron chi connectivity index (χ4n) is 3.44. The normalized spacial score (nSPS) is 15.7. The number of nitrogens with zero attached hydrogens (tertiary/aromatic N) is 3. The Morgan fingerprint density at radius 3 is 2.67 bits per heavy atom. The van der Waals surface area contributed by atoms with Gasteiger partial charge in [0.25, 0.3) is 0 Å². The van der Waals surface area contributed by atoms with Crippen molar-refractivity contribution < 1.29 is 4.79 Å². The quantitative estimate of drug-likeness (QED) is 0.854. The van der Waals surface area contributed by atoms with Crippen LogP contribution in [0.4, 0.5) is 0 Å². The van der Waals surface area contributed by atoms with Crippen LogP contribution >= 0.6 is 11.3 Å². The van der Waals surface area contributed by atoms with Crippen LogP contribution in [0.5, 0.6) is 0 Å². The van der Waals surface area contributed by atoms with E-state index in [1.54, 1.807) is 11.3 Å². The minimum absolute atomic E-state index is 0.250. The van der Waals surface area contributed by atoms with Gasteiger partial charge in [0.15, 0.2) is 0 Å². The molecule has 0 saturated carbocycles. The molecule has 1 fully saturated rings. The van der Waals surface area contributed by atoms with Gasteiger partial charge < -0.3 is 4.90 Å². The third-order valence-electron chi connectivity index (χ3n) is 4.76. The van der Waals surface area contributed by atoms with Crippen molar-refractivity contribution in [3.63, 3.8) is 0 Å². The number of thiazole rings is 1. The molecular weight excluding hydrogens is 318 g/mol. The molecule has 128 valence electrons. The van der Waals surface area contributed by atoms with Crippen LogP contribution in [0.25, 0.3) is 0 Å². The fourth-order valence-corrected chi connectivity index (χ4v) is 4.37. The Morgan fingerprint density at radius 2 is 2.04 bits per heavy atom. The van der Waals surface area contributed by atoms with Crippen LogP contribution in [0, 0.1) is 26.7 Å². The monoisotopic (exact) mass is 343 g/mol. The van der Waals surface area contributed by atoms with Crippen LogP contribution in [0.2, 0.25) is 0 Å². The van der Waals surface area contributed by atoms with Gasteiger partial charge in [-0.25, -0.2) is 4.98 Å². The first-order chi connectivity index (χ1) is 11.5. The van der Waals surface area contributed by atoms with Crippen molar-refractivity contribution in [1.29, 1.82) is 0 Å². The Morgan fingerprint density at radius 1 is 1.29 bits per heavy atom. The standard InChI is InChI=1S/C19H25N3OS/c1-13-10-17(4-7-20-13)11-16-5-8-22(9-6-16)19(23)12-18-14(2)21-15(3)24-18/h4,7,10,16H,5-6,8-9,11-12H2,1-3H3. The highest BCUT2D eigenvalue weighted by atomic mass is 32.1. The number of rotatable bonds is 4. The maximum Gasteiger partial charge on any atom is 0.227 e. The third kappa shape index (κ3) is 4.20. The molecule has 0 atom stereocenters. The Labute approximate surface area is 147 Å². The molecule has 3 rings (SSSR count). The lowest BCUT2D eigenvalue weighted by molar-refractivity contribution is -0.131. The summed E-state index contributed by atoms with van der Waals surface area (Å²) in [7, 11) is 0. The van der Waals surface area contributed by atoms with E-state index in [0.29, 0.717) is 12.3 Å². The Bertz CT molecular complexity index is 717. The summed E-state index contributed by atoms with van der Waals surface area (Å²) in [4.78, 5) is 24.4. The highest BCUT2D eigenvalue weighted by Crippen LogP contribution is 2.24. The molecule has 3 heterocycles. The highest BCUT2D eigenvalue weighted by Gasteiger charge is 2.24. The van der Waals surface area contributed by atoms with E-state index in [9.17, 15) is 4.79 Å². The molecule has 0 radical (unpaired) electrons. The highest BCUT2D eigenvalue weighted by molar-refractivity contribution is 7.11. The maximum absolute atomic E-state index is 12.5. The number of amides is 1. The van der Waals surface area contributed by atoms with E-state index in [4.69, 9.17) is 0 Å². The van der Waals surface area contributed by atoms with Crippen molar-refractivity contribution in [2.75, 3.05) is 13.1 Å². The van der Waals surface area contributed by atoms with Crippen LogP contribution in [-0.4, -0.2) is 33.9 Å². The molecule has 0 spiro atoms. The number of hydrogen-bond donors (Lipinski definition) is 0. The van der Waals surface area contributed by atoms with E-state index in [1.165, 1.54) is 5.56 Å². The zero-order valence-electron chi connectivity index (χ0n) is 14.7. The van der Waals surface area contributed by atoms with E-state index in [0.717, 1.165) is 53.6 Å². The van der Waals surface area contributed by atoms with Gasteiger partial charge in [0.1, 0.15) is 0 Å². The van der Waals surface area contributed by atoms with Crippen LogP contribution < -0.4 is 0 Å². The molecule has 2 aromatic rings. The molecule has 0 bridgehead atoms. The van der Waals surface area contributed by atoms with Gasteiger partial charge in [-0.3, -0.25) is 9.78 Å². The lowest BCUT2D eigenvalue weighted by atomic mass is 9.90. The number of carbonyl (C=O) groups excluding carboxylic acids is 1. The van der Waals surface area contributed by atoms with Crippen LogP contribution in [0.15, 0.2) is 18.3 Å². The molecule has 1 aliphatic heterocycles. The van der Waals surface area contributed by atoms with Crippen LogP contribution in [0.3, 0.4) is 0 Å². The lowest BCUT2D eigenvalue weighted by Gasteiger charge is -2.32. The van der Waals surface area contributed by atoms with Crippen molar-refractivity contribution in [3.05, 3.63) is 45.2 Å². The number of hydrogen-bond acceptors (Lipinski definition) is 4. The average Bonchev–Trinajstić information content (AvgIpc) is 2.85. The summed E-state index contributed by atoms with van der Waals surface area (Å²) in [5, 5.41) is 1.04. The number of pyridine rings is 1. The van der Waals surface area contributed by atoms with E-state index in [-0.39, 0.29) is 5.91 Å². The number of piperidine rings is 1. The minimum Gasteiger partial charge on any atom is -0.342 e. The third-order valence-corrected chi connectivity index (χ3v) is 5.84. The van der Waals surface area contributed by atoms with Gasteiger partial charge in [-0.15, -0.1) is 11.3 Å². The molecule has 1 saturated heterocycles. The predicted molar refractivity (Wildman–Crippen MR) is 97.3 cm³/mol. The van der Waals surface area contributed by atoms with Gasteiger partial charge in [0.05, 0.1) is 17.1 Å². The minimum atomic E-state index is 0.250. The van der Waals surface area contributed by atoms with Gasteiger partial charge >= 0.3 is 0 Å². The van der Waals surface area contributed by atoms with Crippen molar-refractivity contribution >= 4 is 17.2 Å². The molecule has 0 aromatic carbocycles. The number of aromatic nitrogens is 2. The first kappa shape index (κ1) is 17.1. The average molecular weight is 343 g/mol. The molecule has 0 N–H and O–H groups in total. The summed E-state index contributed by atoms with van der Waals surface area (Å²) in [5.41, 5.74) is 3.45. The number of likely N-dealkylation sites (tertiary alicyclic amines) is 1. The summed E-state index contributed by atoms with van der Waals surface area (Å²) < 4.78 is 0. The fraction of sp³-hybridized carbons (Fsp3) is 0.526. The van der Waals surface area contributed by atoms with Crippen molar-refractivity contribution in [3.8, 4) is 0 Å². The van der Waals surface area contributed by atoms with E-state index in [1.807, 2.05) is 31.9 Å². The second-order valence-electron chi connectivity index (χ2n) is 6.75. The summed E-state index contributed by atoms with van der Waals surface area (Å²) in [6.45, 7) is 7.79. The second-order valence-corrected chi connectivity index (χ2v) is 8.04. The molecule has 1 aliphatic rings. The SMILES string of the molecule is Cc1cc(CC2CCN(C(=O)Cc3sc(C)nc3C)CC2)ccn1. The van der Waals surface area contributed by atoms with Crippen molar-refractivity contribution in [1.82, 2.24) is 14.9 Å². The number of carbonyl (C=O) groups is 1. The van der Waals surface area contributed by atoms with E-state index < -0.39 is 0 Å². The maximum atomic E-state index is 12.5. The van der Waals surface area contributed by atoms with Gasteiger partial charge in [-0.1, -0.05) is 0 Å². The van der Waals surface area contributed by atoms with Gasteiger partial charge in [-0.2, -0.15) is 0 Å². The summed E-state index contributed by atoms with van der Waals surface area (Å²) in [6.07, 6.45) is 5.68. The first-order valence-electron chi connectivity index (χ1n) is 8.63. The lowest BCUT2D eigenvalue weighted by Crippen LogP contribution is -2.39. The molecule has 0 unspecified atom stereocenters. The van der Waals surface area contributed by atoms with Crippen molar-refractivity contribution in [2.45, 2.75) is 46.5 Å². The van der Waals surface area contributed by atoms with Gasteiger partial charge in [-0.05, 0) is 63.6 Å². The van der Waals surface area contributed by atoms with Gasteiger partial charge in [0.2, 0.25) is 5.91 Å². The largest absolute Gasteiger partial charge is 0.342 e. The zero-order valence-corrected chi connectivity index (χ0v) is 15.5. The molecule has 1 amide bonds. The van der Waals surface area contributed by atoms with Crippen molar-refractivity contribution in [2.24, 2.45) is 5.92 Å². The molecular formula is C19H25N3OS. The zero-order chi connectivity index (χ0) is 17.1. The number of aryl methyl sites for hydroxylation is 3. The molecule has 4 nitrogen and oxygen atoms in total. The summed E-state index contributed by atoms with van der Waals surface area (Å²) >= 11 is 1.65. The topological polar surface area (TPSA) is 46.1 Å². The summed E-state index contributed by atoms with van der Waals surface area (Å²) in [6, 6.07) is 4.28. The second kappa shape index (κ2) is 7.43. The predicted octanol–water partition coefficient (Wildman–Crippen LogP) is 3.49. The Hall–Kier alpha value is -1.75. The molecule has 2 aromatic heterocycles.